The topological polar surface area (TPSA) is 120 Å². The molecule has 0 saturated heterocycles. The molecule has 1 aromatic carbocycles. The van der Waals surface area contributed by atoms with Crippen LogP contribution in [0.2, 0.25) is 0 Å². The fourth-order valence-corrected chi connectivity index (χ4v) is 3.37. The minimum Gasteiger partial charge on any atom is -0.481 e. The van der Waals surface area contributed by atoms with Crippen LogP contribution in [0, 0.1) is 5.92 Å². The lowest BCUT2D eigenvalue weighted by Gasteiger charge is -2.26. The molecule has 2 aromatic rings. The second-order valence-corrected chi connectivity index (χ2v) is 7.10. The third-order valence-electron chi connectivity index (χ3n) is 4.99. The number of carboxylic acid groups (broad SMARTS) is 1. The van der Waals surface area contributed by atoms with E-state index in [0.29, 0.717) is 43.5 Å². The quantitative estimate of drug-likeness (QED) is 0.598. The van der Waals surface area contributed by atoms with Crippen molar-refractivity contribution in [1.29, 1.82) is 0 Å². The van der Waals surface area contributed by atoms with Gasteiger partial charge in [-0.25, -0.2) is 4.79 Å². The van der Waals surface area contributed by atoms with Crippen molar-refractivity contribution in [2.75, 3.05) is 5.32 Å². The molecular weight excluding hydrogens is 372 g/mol. The third-order valence-corrected chi connectivity index (χ3v) is 4.99. The van der Waals surface area contributed by atoms with Crippen molar-refractivity contribution in [2.45, 2.75) is 38.3 Å². The zero-order valence-electron chi connectivity index (χ0n) is 15.9. The lowest BCUT2D eigenvalue weighted by Crippen LogP contribution is -2.43. The summed E-state index contributed by atoms with van der Waals surface area (Å²) in [4.78, 5) is 39.2. The van der Waals surface area contributed by atoms with Crippen molar-refractivity contribution < 1.29 is 19.5 Å². The van der Waals surface area contributed by atoms with E-state index >= 15 is 0 Å². The zero-order valence-corrected chi connectivity index (χ0v) is 15.9. The van der Waals surface area contributed by atoms with Crippen LogP contribution in [0.25, 0.3) is 0 Å². The van der Waals surface area contributed by atoms with Gasteiger partial charge in [0.25, 0.3) is 5.91 Å². The molecule has 1 aromatic heterocycles. The molecule has 29 heavy (non-hydrogen) atoms. The standard InChI is InChI=1S/C21H24N4O4/c26-19(15-8-10-22-11-9-15)24-18-3-1-2-14(12-18)13-23-21(29)25-17-6-4-16(5-7-17)20(27)28/h1-3,8-12,16-17H,4-7,13H2,(H,24,26)(H,27,28)(H2,23,25,29). The van der Waals surface area contributed by atoms with E-state index in [1.165, 1.54) is 0 Å². The van der Waals surface area contributed by atoms with Crippen LogP contribution in [-0.4, -0.2) is 34.0 Å². The molecule has 3 amide bonds. The van der Waals surface area contributed by atoms with Crippen LogP contribution >= 0.6 is 0 Å². The maximum Gasteiger partial charge on any atom is 0.315 e. The van der Waals surface area contributed by atoms with Crippen LogP contribution in [0.1, 0.15) is 41.6 Å². The van der Waals surface area contributed by atoms with Crippen LogP contribution in [0.4, 0.5) is 10.5 Å². The van der Waals surface area contributed by atoms with Gasteiger partial charge in [0.05, 0.1) is 5.92 Å². The minimum absolute atomic E-state index is 0.00316. The van der Waals surface area contributed by atoms with Gasteiger partial charge in [-0.3, -0.25) is 14.6 Å². The number of rotatable bonds is 6. The predicted octanol–water partition coefficient (Wildman–Crippen LogP) is 2.78. The Kier molecular flexibility index (Phi) is 6.78. The van der Waals surface area contributed by atoms with Crippen LogP contribution in [0.3, 0.4) is 0 Å². The highest BCUT2D eigenvalue weighted by molar-refractivity contribution is 6.04. The number of hydrogen-bond acceptors (Lipinski definition) is 4. The average Bonchev–Trinajstić information content (AvgIpc) is 2.73. The molecule has 0 radical (unpaired) electrons. The fourth-order valence-electron chi connectivity index (χ4n) is 3.37. The SMILES string of the molecule is O=C(NCc1cccc(NC(=O)c2ccncc2)c1)NC1CCC(C(=O)O)CC1. The summed E-state index contributed by atoms with van der Waals surface area (Å²) in [5.41, 5.74) is 2.00. The van der Waals surface area contributed by atoms with Gasteiger partial charge in [0.1, 0.15) is 0 Å². The number of benzene rings is 1. The molecule has 0 bridgehead atoms. The summed E-state index contributed by atoms with van der Waals surface area (Å²) in [5, 5.41) is 17.6. The second kappa shape index (κ2) is 9.68. The Bertz CT molecular complexity index is 864. The molecule has 0 unspecified atom stereocenters. The molecule has 1 aliphatic rings. The number of nitrogens with zero attached hydrogens (tertiary/aromatic N) is 1. The van der Waals surface area contributed by atoms with Gasteiger partial charge in [0.2, 0.25) is 0 Å². The van der Waals surface area contributed by atoms with Crippen LogP contribution in [0.5, 0.6) is 0 Å². The van der Waals surface area contributed by atoms with Gasteiger partial charge >= 0.3 is 12.0 Å². The molecule has 8 heteroatoms. The summed E-state index contributed by atoms with van der Waals surface area (Å²) in [5.74, 6) is -1.29. The van der Waals surface area contributed by atoms with Gasteiger partial charge in [-0.05, 0) is 55.5 Å². The van der Waals surface area contributed by atoms with Gasteiger partial charge in [-0.1, -0.05) is 12.1 Å². The number of anilines is 1. The first-order valence-corrected chi connectivity index (χ1v) is 9.59. The molecular formula is C21H24N4O4. The Hall–Kier alpha value is -3.42. The summed E-state index contributed by atoms with van der Waals surface area (Å²) >= 11 is 0. The number of carbonyl (C=O) groups is 3. The van der Waals surface area contributed by atoms with Gasteiger partial charge in [-0.2, -0.15) is 0 Å². The Labute approximate surface area is 168 Å². The minimum atomic E-state index is -0.760. The number of carboxylic acids is 1. The van der Waals surface area contributed by atoms with E-state index in [2.05, 4.69) is 20.9 Å². The number of pyridine rings is 1. The van der Waals surface area contributed by atoms with E-state index in [0.717, 1.165) is 5.56 Å². The summed E-state index contributed by atoms with van der Waals surface area (Å²) < 4.78 is 0. The van der Waals surface area contributed by atoms with Crippen molar-refractivity contribution >= 4 is 23.6 Å². The lowest BCUT2D eigenvalue weighted by molar-refractivity contribution is -0.142. The highest BCUT2D eigenvalue weighted by Gasteiger charge is 2.26. The molecule has 1 saturated carbocycles. The number of aromatic nitrogens is 1. The maximum atomic E-state index is 12.2. The Morgan fingerprint density at radius 3 is 2.45 bits per heavy atom. The summed E-state index contributed by atoms with van der Waals surface area (Å²) in [7, 11) is 0. The number of amides is 3. The fraction of sp³-hybridized carbons (Fsp3) is 0.333. The van der Waals surface area contributed by atoms with Crippen LogP contribution in [-0.2, 0) is 11.3 Å². The van der Waals surface area contributed by atoms with E-state index < -0.39 is 5.97 Å². The molecule has 1 heterocycles. The van der Waals surface area contributed by atoms with Crippen molar-refractivity contribution in [3.05, 3.63) is 59.9 Å². The van der Waals surface area contributed by atoms with E-state index in [1.54, 1.807) is 36.7 Å². The highest BCUT2D eigenvalue weighted by atomic mass is 16.4. The lowest BCUT2D eigenvalue weighted by atomic mass is 9.86. The van der Waals surface area contributed by atoms with Crippen molar-refractivity contribution in [1.82, 2.24) is 15.6 Å². The monoisotopic (exact) mass is 396 g/mol. The van der Waals surface area contributed by atoms with Crippen molar-refractivity contribution in [3.8, 4) is 0 Å². The van der Waals surface area contributed by atoms with Crippen LogP contribution in [0.15, 0.2) is 48.8 Å². The van der Waals surface area contributed by atoms with Crippen LogP contribution < -0.4 is 16.0 Å². The maximum absolute atomic E-state index is 12.2. The van der Waals surface area contributed by atoms with E-state index in [4.69, 9.17) is 5.11 Å². The summed E-state index contributed by atoms with van der Waals surface area (Å²) in [6, 6.07) is 10.2. The first kappa shape index (κ1) is 20.3. The van der Waals surface area contributed by atoms with Gasteiger partial charge in [0.15, 0.2) is 0 Å². The highest BCUT2D eigenvalue weighted by Crippen LogP contribution is 2.24. The summed E-state index contributed by atoms with van der Waals surface area (Å²) in [6.07, 6.45) is 5.62. The molecule has 0 atom stereocenters. The first-order valence-electron chi connectivity index (χ1n) is 9.59. The predicted molar refractivity (Wildman–Crippen MR) is 107 cm³/mol. The normalized spacial score (nSPS) is 18.5. The second-order valence-electron chi connectivity index (χ2n) is 7.10. The molecule has 0 spiro atoms. The number of aliphatic carboxylic acids is 1. The largest absolute Gasteiger partial charge is 0.481 e. The third kappa shape index (κ3) is 6.03. The average molecular weight is 396 g/mol. The van der Waals surface area contributed by atoms with Crippen molar-refractivity contribution in [2.24, 2.45) is 5.92 Å². The van der Waals surface area contributed by atoms with E-state index in [1.807, 2.05) is 12.1 Å². The Morgan fingerprint density at radius 2 is 1.76 bits per heavy atom. The van der Waals surface area contributed by atoms with Gasteiger partial charge in [0, 0.05) is 36.2 Å². The Morgan fingerprint density at radius 1 is 1.03 bits per heavy atom. The number of urea groups is 1. The Balaban J connectivity index is 1.46. The molecule has 8 nitrogen and oxygen atoms in total. The molecule has 152 valence electrons. The number of hydrogen-bond donors (Lipinski definition) is 4. The van der Waals surface area contributed by atoms with E-state index in [-0.39, 0.29) is 23.9 Å². The zero-order chi connectivity index (χ0) is 20.6. The molecule has 1 fully saturated rings. The molecule has 3 rings (SSSR count). The summed E-state index contributed by atoms with van der Waals surface area (Å²) in [6.45, 7) is 0.315. The number of carbonyl (C=O) groups excluding carboxylic acids is 2. The number of nitrogens with one attached hydrogen (secondary N) is 3. The van der Waals surface area contributed by atoms with E-state index in [9.17, 15) is 14.4 Å². The molecule has 1 aliphatic carbocycles. The molecule has 4 N–H and O–H groups in total. The first-order chi connectivity index (χ1) is 14.0. The van der Waals surface area contributed by atoms with Crippen molar-refractivity contribution in [3.63, 3.8) is 0 Å². The molecule has 0 aliphatic heterocycles. The van der Waals surface area contributed by atoms with Gasteiger partial charge < -0.3 is 21.1 Å². The van der Waals surface area contributed by atoms with Gasteiger partial charge in [-0.15, -0.1) is 0 Å². The smallest absolute Gasteiger partial charge is 0.315 e.